The van der Waals surface area contributed by atoms with E-state index >= 15 is 0 Å². The van der Waals surface area contributed by atoms with Crippen molar-refractivity contribution in [2.24, 2.45) is 0 Å². The summed E-state index contributed by atoms with van der Waals surface area (Å²) in [7, 11) is 1.81. The molecule has 0 aliphatic heterocycles. The first-order chi connectivity index (χ1) is 12.9. The van der Waals surface area contributed by atoms with Crippen molar-refractivity contribution in [3.05, 3.63) is 46.1 Å². The van der Waals surface area contributed by atoms with Gasteiger partial charge < -0.3 is 15.3 Å². The minimum atomic E-state index is -0.826. The summed E-state index contributed by atoms with van der Waals surface area (Å²) in [6.07, 6.45) is 4.51. The second kappa shape index (κ2) is 8.42. The van der Waals surface area contributed by atoms with Gasteiger partial charge in [0.05, 0.1) is 16.2 Å². The highest BCUT2D eigenvalue weighted by molar-refractivity contribution is 6.34. The van der Waals surface area contributed by atoms with Gasteiger partial charge in [0, 0.05) is 19.3 Å². The second-order valence-corrected chi connectivity index (χ2v) is 7.70. The Labute approximate surface area is 168 Å². The van der Waals surface area contributed by atoms with Crippen molar-refractivity contribution in [3.63, 3.8) is 0 Å². The SMILES string of the molecule is CN(c1ccc(Cl)c(C(=O)NCC2(O)CCCCC2)c1)c1ccc(Cl)nn1. The quantitative estimate of drug-likeness (QED) is 0.781. The highest BCUT2D eigenvalue weighted by Gasteiger charge is 2.29. The highest BCUT2D eigenvalue weighted by Crippen LogP contribution is 2.29. The number of nitrogens with zero attached hydrogens (tertiary/aromatic N) is 3. The second-order valence-electron chi connectivity index (χ2n) is 6.91. The van der Waals surface area contributed by atoms with Gasteiger partial charge in [-0.3, -0.25) is 4.79 Å². The Bertz CT molecular complexity index is 808. The number of halogens is 2. The summed E-state index contributed by atoms with van der Waals surface area (Å²) < 4.78 is 0. The molecule has 8 heteroatoms. The molecule has 144 valence electrons. The summed E-state index contributed by atoms with van der Waals surface area (Å²) in [4.78, 5) is 14.4. The molecular formula is C19H22Cl2N4O2. The molecule has 27 heavy (non-hydrogen) atoms. The summed E-state index contributed by atoms with van der Waals surface area (Å²) >= 11 is 12.0. The molecule has 0 atom stereocenters. The molecule has 0 saturated heterocycles. The Morgan fingerprint density at radius 3 is 2.59 bits per heavy atom. The number of rotatable bonds is 5. The number of aliphatic hydroxyl groups is 1. The van der Waals surface area contributed by atoms with Crippen molar-refractivity contribution in [1.82, 2.24) is 15.5 Å². The molecule has 2 aromatic rings. The van der Waals surface area contributed by atoms with Crippen molar-refractivity contribution in [2.75, 3.05) is 18.5 Å². The average molecular weight is 409 g/mol. The molecule has 1 aromatic heterocycles. The van der Waals surface area contributed by atoms with Gasteiger partial charge in [0.25, 0.3) is 5.91 Å². The molecule has 0 spiro atoms. The molecule has 1 aromatic carbocycles. The number of nitrogens with one attached hydrogen (secondary N) is 1. The van der Waals surface area contributed by atoms with Gasteiger partial charge in [-0.25, -0.2) is 0 Å². The summed E-state index contributed by atoms with van der Waals surface area (Å²) in [5.41, 5.74) is 0.258. The van der Waals surface area contributed by atoms with Crippen LogP contribution in [0.2, 0.25) is 10.2 Å². The first-order valence-corrected chi connectivity index (χ1v) is 9.67. The zero-order valence-corrected chi connectivity index (χ0v) is 16.6. The van der Waals surface area contributed by atoms with Gasteiger partial charge in [0.2, 0.25) is 0 Å². The average Bonchev–Trinajstić information content (AvgIpc) is 2.67. The van der Waals surface area contributed by atoms with Gasteiger partial charge in [-0.15, -0.1) is 10.2 Å². The number of carbonyl (C=O) groups excluding carboxylic acids is 1. The number of amides is 1. The van der Waals surface area contributed by atoms with E-state index in [0.717, 1.165) is 24.9 Å². The predicted octanol–water partition coefficient (Wildman–Crippen LogP) is 3.98. The van der Waals surface area contributed by atoms with Crippen LogP contribution in [0.3, 0.4) is 0 Å². The molecule has 1 aliphatic carbocycles. The van der Waals surface area contributed by atoms with Crippen molar-refractivity contribution < 1.29 is 9.90 Å². The van der Waals surface area contributed by atoms with Crippen LogP contribution in [0.15, 0.2) is 30.3 Å². The third-order valence-corrected chi connectivity index (χ3v) is 5.44. The normalized spacial score (nSPS) is 16.0. The first kappa shape index (κ1) is 19.9. The van der Waals surface area contributed by atoms with Crippen molar-refractivity contribution in [3.8, 4) is 0 Å². The third-order valence-electron chi connectivity index (χ3n) is 4.91. The standard InChI is InChI=1S/C19H22Cl2N4O2/c1-25(17-8-7-16(21)23-24-17)13-5-6-15(20)14(11-13)18(26)22-12-19(27)9-3-2-4-10-19/h5-8,11,27H,2-4,9-10,12H2,1H3,(H,22,26). The van der Waals surface area contributed by atoms with E-state index in [1.54, 1.807) is 35.2 Å². The van der Waals surface area contributed by atoms with E-state index in [2.05, 4.69) is 15.5 Å². The van der Waals surface area contributed by atoms with E-state index in [1.807, 2.05) is 7.05 Å². The zero-order valence-electron chi connectivity index (χ0n) is 15.1. The fraction of sp³-hybridized carbons (Fsp3) is 0.421. The van der Waals surface area contributed by atoms with Gasteiger partial charge in [-0.2, -0.15) is 0 Å². The maximum Gasteiger partial charge on any atom is 0.252 e. The number of hydrogen-bond donors (Lipinski definition) is 2. The Morgan fingerprint density at radius 1 is 1.19 bits per heavy atom. The monoisotopic (exact) mass is 408 g/mol. The molecule has 1 saturated carbocycles. The third kappa shape index (κ3) is 4.89. The number of benzene rings is 1. The maximum atomic E-state index is 12.6. The Kier molecular flexibility index (Phi) is 6.19. The largest absolute Gasteiger partial charge is 0.388 e. The van der Waals surface area contributed by atoms with E-state index in [0.29, 0.717) is 34.4 Å². The molecule has 1 fully saturated rings. The van der Waals surface area contributed by atoms with Crippen LogP contribution >= 0.6 is 23.2 Å². The van der Waals surface area contributed by atoms with E-state index in [4.69, 9.17) is 23.2 Å². The van der Waals surface area contributed by atoms with Crippen LogP contribution in [-0.2, 0) is 0 Å². The van der Waals surface area contributed by atoms with Crippen LogP contribution < -0.4 is 10.2 Å². The van der Waals surface area contributed by atoms with Gasteiger partial charge in [-0.1, -0.05) is 42.5 Å². The topological polar surface area (TPSA) is 78.4 Å². The molecule has 0 bridgehead atoms. The van der Waals surface area contributed by atoms with Gasteiger partial charge in [-0.05, 0) is 43.2 Å². The summed E-state index contributed by atoms with van der Waals surface area (Å²) in [5, 5.41) is 21.9. The highest BCUT2D eigenvalue weighted by atomic mass is 35.5. The van der Waals surface area contributed by atoms with Gasteiger partial charge in [0.15, 0.2) is 11.0 Å². The molecule has 1 amide bonds. The lowest BCUT2D eigenvalue weighted by atomic mass is 9.85. The first-order valence-electron chi connectivity index (χ1n) is 8.91. The maximum absolute atomic E-state index is 12.6. The number of hydrogen-bond acceptors (Lipinski definition) is 5. The lowest BCUT2D eigenvalue weighted by Crippen LogP contribution is -2.44. The van der Waals surface area contributed by atoms with Crippen LogP contribution in [0, 0.1) is 0 Å². The Hall–Kier alpha value is -1.89. The van der Waals surface area contributed by atoms with Gasteiger partial charge >= 0.3 is 0 Å². The van der Waals surface area contributed by atoms with Crippen molar-refractivity contribution in [1.29, 1.82) is 0 Å². The van der Waals surface area contributed by atoms with Crippen molar-refractivity contribution in [2.45, 2.75) is 37.7 Å². The van der Waals surface area contributed by atoms with Crippen LogP contribution in [0.25, 0.3) is 0 Å². The van der Waals surface area contributed by atoms with Crippen LogP contribution in [-0.4, -0.2) is 40.4 Å². The summed E-state index contributed by atoms with van der Waals surface area (Å²) in [6.45, 7) is 0.227. The minimum absolute atomic E-state index is 0.227. The smallest absolute Gasteiger partial charge is 0.252 e. The zero-order chi connectivity index (χ0) is 19.4. The molecule has 1 heterocycles. The number of carbonyl (C=O) groups is 1. The Balaban J connectivity index is 1.74. The minimum Gasteiger partial charge on any atom is -0.388 e. The van der Waals surface area contributed by atoms with Gasteiger partial charge in [0.1, 0.15) is 0 Å². The van der Waals surface area contributed by atoms with E-state index in [9.17, 15) is 9.90 Å². The van der Waals surface area contributed by atoms with Crippen LogP contribution in [0.4, 0.5) is 11.5 Å². The molecule has 3 rings (SSSR count). The van der Waals surface area contributed by atoms with Crippen molar-refractivity contribution >= 4 is 40.6 Å². The molecule has 1 aliphatic rings. The number of aromatic nitrogens is 2. The Morgan fingerprint density at radius 2 is 1.93 bits per heavy atom. The fourth-order valence-electron chi connectivity index (χ4n) is 3.24. The lowest BCUT2D eigenvalue weighted by Gasteiger charge is -2.32. The molecule has 0 unspecified atom stereocenters. The molecular weight excluding hydrogens is 387 g/mol. The van der Waals surface area contributed by atoms with Crippen LogP contribution in [0.1, 0.15) is 42.5 Å². The molecule has 6 nitrogen and oxygen atoms in total. The van der Waals surface area contributed by atoms with E-state index < -0.39 is 5.60 Å². The predicted molar refractivity (Wildman–Crippen MR) is 107 cm³/mol. The fourth-order valence-corrected chi connectivity index (χ4v) is 3.55. The summed E-state index contributed by atoms with van der Waals surface area (Å²) in [6, 6.07) is 8.54. The van der Waals surface area contributed by atoms with Crippen LogP contribution in [0.5, 0.6) is 0 Å². The molecule has 2 N–H and O–H groups in total. The van der Waals surface area contributed by atoms with E-state index in [-0.39, 0.29) is 12.5 Å². The lowest BCUT2D eigenvalue weighted by molar-refractivity contribution is 0.00526. The molecule has 0 radical (unpaired) electrons. The van der Waals surface area contributed by atoms with E-state index in [1.165, 1.54) is 0 Å². The number of anilines is 2. The summed E-state index contributed by atoms with van der Waals surface area (Å²) in [5.74, 6) is 0.279.